The molecule has 2 aromatic rings. The van der Waals surface area contributed by atoms with Gasteiger partial charge in [0.15, 0.2) is 0 Å². The maximum absolute atomic E-state index is 12.6. The Morgan fingerprint density at radius 1 is 1.06 bits per heavy atom. The molecule has 4 atom stereocenters. The van der Waals surface area contributed by atoms with Gasteiger partial charge in [-0.05, 0) is 54.8 Å². The fourth-order valence-electron chi connectivity index (χ4n) is 4.85. The van der Waals surface area contributed by atoms with E-state index in [1.165, 1.54) is 9.78 Å². The Morgan fingerprint density at radius 2 is 1.77 bits per heavy atom. The van der Waals surface area contributed by atoms with E-state index in [9.17, 15) is 14.4 Å². The number of unbranched alkanes of at least 4 members (excludes halogenated alkanes) is 1. The molecule has 1 N–H and O–H groups in total. The third-order valence-electron chi connectivity index (χ3n) is 6.32. The summed E-state index contributed by atoms with van der Waals surface area (Å²) in [7, 11) is 0. The molecule has 0 saturated carbocycles. The van der Waals surface area contributed by atoms with Crippen LogP contribution in [-0.2, 0) is 19.1 Å². The molecule has 2 bridgehead atoms. The minimum absolute atomic E-state index is 0.0807. The highest BCUT2D eigenvalue weighted by Gasteiger charge is 2.62. The van der Waals surface area contributed by atoms with Gasteiger partial charge in [0.25, 0.3) is 0 Å². The maximum Gasteiger partial charge on any atom is 0.411 e. The van der Waals surface area contributed by atoms with Gasteiger partial charge < -0.3 is 9.47 Å². The van der Waals surface area contributed by atoms with Crippen LogP contribution in [0.4, 0.5) is 10.5 Å². The number of benzene rings is 1. The monoisotopic (exact) mass is 440 g/mol. The first kappa shape index (κ1) is 20.2. The first-order valence-electron chi connectivity index (χ1n) is 10.7. The van der Waals surface area contributed by atoms with Gasteiger partial charge in [-0.25, -0.2) is 4.79 Å². The highest BCUT2D eigenvalue weighted by Crippen LogP contribution is 2.48. The van der Waals surface area contributed by atoms with Crippen molar-refractivity contribution < 1.29 is 23.9 Å². The van der Waals surface area contributed by atoms with E-state index >= 15 is 0 Å². The SMILES string of the molecule is O=C(Nc1ccc(-c2cccs2)cc1)OCCCCN1C(=O)C2C3CCC(O3)C2C1=O. The zero-order valence-electron chi connectivity index (χ0n) is 17.0. The van der Waals surface area contributed by atoms with Crippen LogP contribution in [0.2, 0.25) is 0 Å². The van der Waals surface area contributed by atoms with E-state index < -0.39 is 6.09 Å². The third-order valence-corrected chi connectivity index (χ3v) is 7.24. The van der Waals surface area contributed by atoms with Crippen LogP contribution < -0.4 is 5.32 Å². The molecule has 3 aliphatic rings. The molecule has 8 heteroatoms. The number of carbonyl (C=O) groups excluding carboxylic acids is 3. The Bertz CT molecular complexity index is 946. The van der Waals surface area contributed by atoms with Crippen molar-refractivity contribution in [3.05, 3.63) is 41.8 Å². The number of fused-ring (bicyclic) bond motifs is 5. The summed E-state index contributed by atoms with van der Waals surface area (Å²) in [6.07, 6.45) is 2.26. The molecule has 5 rings (SSSR count). The van der Waals surface area contributed by atoms with Gasteiger partial charge in [0.2, 0.25) is 11.8 Å². The first-order valence-corrected chi connectivity index (χ1v) is 11.6. The summed E-state index contributed by atoms with van der Waals surface area (Å²) in [5.74, 6) is -0.738. The van der Waals surface area contributed by atoms with Gasteiger partial charge >= 0.3 is 6.09 Å². The Hall–Kier alpha value is -2.71. The molecule has 3 amide bonds. The molecule has 4 unspecified atom stereocenters. The fourth-order valence-corrected chi connectivity index (χ4v) is 5.58. The molecule has 0 radical (unpaired) electrons. The third kappa shape index (κ3) is 3.85. The number of anilines is 1. The van der Waals surface area contributed by atoms with Crippen molar-refractivity contribution in [1.29, 1.82) is 0 Å². The molecule has 4 heterocycles. The average molecular weight is 441 g/mol. The molecule has 1 aromatic heterocycles. The molecular formula is C23H24N2O5S. The Morgan fingerprint density at radius 3 is 2.42 bits per heavy atom. The second-order valence-electron chi connectivity index (χ2n) is 8.19. The van der Waals surface area contributed by atoms with E-state index in [0.29, 0.717) is 25.1 Å². The summed E-state index contributed by atoms with van der Waals surface area (Å²) in [5, 5.41) is 4.74. The largest absolute Gasteiger partial charge is 0.449 e. The van der Waals surface area contributed by atoms with Gasteiger partial charge in [-0.3, -0.25) is 19.8 Å². The van der Waals surface area contributed by atoms with Crippen LogP contribution in [0.1, 0.15) is 25.7 Å². The molecular weight excluding hydrogens is 416 g/mol. The minimum atomic E-state index is -0.513. The minimum Gasteiger partial charge on any atom is -0.449 e. The lowest BCUT2D eigenvalue weighted by molar-refractivity contribution is -0.142. The number of nitrogens with zero attached hydrogens (tertiary/aromatic N) is 1. The number of nitrogens with one attached hydrogen (secondary N) is 1. The van der Waals surface area contributed by atoms with Crippen molar-refractivity contribution in [2.75, 3.05) is 18.5 Å². The van der Waals surface area contributed by atoms with Crippen LogP contribution in [0.5, 0.6) is 0 Å². The molecule has 3 aliphatic heterocycles. The zero-order chi connectivity index (χ0) is 21.4. The topological polar surface area (TPSA) is 84.9 Å². The molecule has 0 spiro atoms. The van der Waals surface area contributed by atoms with E-state index in [4.69, 9.17) is 9.47 Å². The standard InChI is InChI=1S/C23H24N2O5S/c26-21-19-16-9-10-17(30-16)20(19)22(27)25(21)11-1-2-12-29-23(28)24-15-7-5-14(6-8-15)18-4-3-13-31-18/h3-8,13,16-17,19-20H,1-2,9-12H2,(H,24,28). The van der Waals surface area contributed by atoms with Crippen molar-refractivity contribution in [3.63, 3.8) is 0 Å². The fraction of sp³-hybridized carbons (Fsp3) is 0.435. The number of thiophene rings is 1. The van der Waals surface area contributed by atoms with Crippen LogP contribution in [0.25, 0.3) is 10.4 Å². The van der Waals surface area contributed by atoms with Crippen LogP contribution in [0.15, 0.2) is 41.8 Å². The van der Waals surface area contributed by atoms with Crippen LogP contribution in [0.3, 0.4) is 0 Å². The Labute approximate surface area is 184 Å². The summed E-state index contributed by atoms with van der Waals surface area (Å²) in [4.78, 5) is 39.7. The van der Waals surface area contributed by atoms with Gasteiger partial charge in [0, 0.05) is 17.1 Å². The number of hydrogen-bond acceptors (Lipinski definition) is 6. The number of carbonyl (C=O) groups is 3. The van der Waals surface area contributed by atoms with E-state index in [0.717, 1.165) is 18.4 Å². The Kier molecular flexibility index (Phi) is 5.50. The average Bonchev–Trinajstić information content (AvgIpc) is 3.55. The number of hydrogen-bond donors (Lipinski definition) is 1. The van der Waals surface area contributed by atoms with Crippen molar-refractivity contribution in [1.82, 2.24) is 4.90 Å². The van der Waals surface area contributed by atoms with Gasteiger partial charge in [-0.15, -0.1) is 11.3 Å². The summed E-state index contributed by atoms with van der Waals surface area (Å²) in [5.41, 5.74) is 1.77. The maximum atomic E-state index is 12.6. The van der Waals surface area contributed by atoms with Gasteiger partial charge in [0.05, 0.1) is 30.7 Å². The van der Waals surface area contributed by atoms with Crippen LogP contribution >= 0.6 is 11.3 Å². The Balaban J connectivity index is 1.03. The molecule has 31 heavy (non-hydrogen) atoms. The lowest BCUT2D eigenvalue weighted by atomic mass is 9.81. The quantitative estimate of drug-likeness (QED) is 0.521. The second-order valence-corrected chi connectivity index (χ2v) is 9.14. The molecule has 3 saturated heterocycles. The van der Waals surface area contributed by atoms with Gasteiger partial charge in [0.1, 0.15) is 0 Å². The van der Waals surface area contributed by atoms with E-state index in [2.05, 4.69) is 11.4 Å². The second kappa shape index (κ2) is 8.43. The van der Waals surface area contributed by atoms with E-state index in [1.807, 2.05) is 35.7 Å². The van der Waals surface area contributed by atoms with Crippen molar-refractivity contribution in [2.24, 2.45) is 11.8 Å². The van der Waals surface area contributed by atoms with Crippen molar-refractivity contribution in [2.45, 2.75) is 37.9 Å². The number of likely N-dealkylation sites (tertiary alicyclic amines) is 1. The highest BCUT2D eigenvalue weighted by atomic mass is 32.1. The summed E-state index contributed by atoms with van der Waals surface area (Å²) in [6, 6.07) is 11.7. The molecule has 1 aromatic carbocycles. The summed E-state index contributed by atoms with van der Waals surface area (Å²) >= 11 is 1.66. The van der Waals surface area contributed by atoms with Gasteiger partial charge in [-0.2, -0.15) is 0 Å². The lowest BCUT2D eigenvalue weighted by Gasteiger charge is -2.17. The van der Waals surface area contributed by atoms with Crippen molar-refractivity contribution >= 4 is 34.9 Å². The number of ether oxygens (including phenoxy) is 2. The smallest absolute Gasteiger partial charge is 0.411 e. The summed E-state index contributed by atoms with van der Waals surface area (Å²) < 4.78 is 11.0. The molecule has 0 aliphatic carbocycles. The number of rotatable bonds is 7. The van der Waals surface area contributed by atoms with Gasteiger partial charge in [-0.1, -0.05) is 18.2 Å². The van der Waals surface area contributed by atoms with E-state index in [-0.39, 0.29) is 42.5 Å². The zero-order valence-corrected chi connectivity index (χ0v) is 17.8. The predicted octanol–water partition coefficient (Wildman–Crippen LogP) is 3.91. The molecule has 3 fully saturated rings. The van der Waals surface area contributed by atoms with Crippen LogP contribution in [0, 0.1) is 11.8 Å². The first-order chi connectivity index (χ1) is 15.1. The highest BCUT2D eigenvalue weighted by molar-refractivity contribution is 7.13. The predicted molar refractivity (Wildman–Crippen MR) is 116 cm³/mol. The van der Waals surface area contributed by atoms with E-state index in [1.54, 1.807) is 11.3 Å². The number of imide groups is 1. The lowest BCUT2D eigenvalue weighted by Crippen LogP contribution is -2.35. The van der Waals surface area contributed by atoms with Crippen molar-refractivity contribution in [3.8, 4) is 10.4 Å². The number of amides is 3. The molecule has 7 nitrogen and oxygen atoms in total. The van der Waals surface area contributed by atoms with Crippen LogP contribution in [-0.4, -0.2) is 48.2 Å². The normalized spacial score (nSPS) is 26.4. The molecule has 162 valence electrons. The summed E-state index contributed by atoms with van der Waals surface area (Å²) in [6.45, 7) is 0.607.